The number of nitrogens with two attached hydrogens (primary N) is 3. The molecule has 1 heterocycles. The summed E-state index contributed by atoms with van der Waals surface area (Å²) >= 11 is 1.21. The van der Waals surface area contributed by atoms with Crippen molar-refractivity contribution in [1.82, 2.24) is 0 Å². The van der Waals surface area contributed by atoms with Gasteiger partial charge in [-0.05, 0) is 84.7 Å². The van der Waals surface area contributed by atoms with Crippen molar-refractivity contribution in [2.24, 2.45) is 28.5 Å². The van der Waals surface area contributed by atoms with Gasteiger partial charge in [0.1, 0.15) is 41.0 Å². The second-order valence-electron chi connectivity index (χ2n) is 13.3. The minimum absolute atomic E-state index is 0.122. The zero-order valence-corrected chi connectivity index (χ0v) is 30.1. The van der Waals surface area contributed by atoms with Crippen LogP contribution in [0.3, 0.4) is 0 Å². The number of carboxylic acid groups (broad SMARTS) is 1. The van der Waals surface area contributed by atoms with Gasteiger partial charge in [0.2, 0.25) is 11.8 Å². The van der Waals surface area contributed by atoms with Gasteiger partial charge in [0.25, 0.3) is 0 Å². The molecule has 3 aromatic carbocycles. The molecule has 1 fully saturated rings. The first-order valence-electron chi connectivity index (χ1n) is 17.2. The largest absolute Gasteiger partial charge is 0.508 e. The van der Waals surface area contributed by atoms with Crippen molar-refractivity contribution in [3.8, 4) is 5.75 Å². The Balaban J connectivity index is 1.34. The Labute approximate surface area is 318 Å². The maximum Gasteiger partial charge on any atom is 0.320 e. The average Bonchev–Trinajstić information content (AvgIpc) is 3.16. The van der Waals surface area contributed by atoms with Gasteiger partial charge in [-0.15, -0.1) is 11.8 Å². The highest BCUT2D eigenvalue weighted by Gasteiger charge is 2.51. The van der Waals surface area contributed by atoms with Crippen molar-refractivity contribution >= 4 is 46.8 Å². The van der Waals surface area contributed by atoms with Gasteiger partial charge >= 0.3 is 5.97 Å². The van der Waals surface area contributed by atoms with Gasteiger partial charge in [-0.1, -0.05) is 30.3 Å². The van der Waals surface area contributed by atoms with Crippen LogP contribution in [0.25, 0.3) is 0 Å². The molecular weight excluding hydrogens is 739 g/mol. The SMILES string of the molecule is NC(=O)CC[C@H](N)C(=O)C1(C[C@@H](N)C(=O)O)C=CC(O)=CC1C(=O)COc1ccc([C@@H]2[C@@H](SCC(O)c3ccc(F)cc3)C(=O)N2c2ccc(F)cc2)cc1. The number of ketones is 2. The Kier molecular flexibility index (Phi) is 12.9. The van der Waals surface area contributed by atoms with E-state index in [1.807, 2.05) is 0 Å². The molecule has 2 aliphatic rings. The number of thioether (sulfide) groups is 1. The number of ether oxygens (including phenoxy) is 1. The summed E-state index contributed by atoms with van der Waals surface area (Å²) in [6.07, 6.45) is 1.49. The number of rotatable bonds is 18. The molecule has 3 aromatic rings. The van der Waals surface area contributed by atoms with E-state index in [1.165, 1.54) is 71.3 Å². The van der Waals surface area contributed by atoms with Crippen molar-refractivity contribution in [1.29, 1.82) is 0 Å². The predicted molar refractivity (Wildman–Crippen MR) is 199 cm³/mol. The molecule has 13 nitrogen and oxygen atoms in total. The van der Waals surface area contributed by atoms with Gasteiger partial charge in [-0.3, -0.25) is 24.0 Å². The lowest BCUT2D eigenvalue weighted by Crippen LogP contribution is -2.57. The van der Waals surface area contributed by atoms with Crippen molar-refractivity contribution in [2.75, 3.05) is 17.3 Å². The number of aliphatic carboxylic acids is 1. The van der Waals surface area contributed by atoms with E-state index in [0.717, 1.165) is 12.2 Å². The molecule has 0 saturated carbocycles. The van der Waals surface area contributed by atoms with Crippen LogP contribution in [0, 0.1) is 23.0 Å². The molecule has 1 aliphatic heterocycles. The van der Waals surface area contributed by atoms with Crippen LogP contribution in [-0.4, -0.2) is 74.4 Å². The quantitative estimate of drug-likeness (QED) is 0.102. The summed E-state index contributed by atoms with van der Waals surface area (Å²) in [6, 6.07) is 13.8. The third-order valence-corrected chi connectivity index (χ3v) is 10.9. The normalized spacial score (nSPS) is 22.2. The number of hydrogen-bond donors (Lipinski definition) is 6. The molecule has 5 rings (SSSR count). The molecule has 2 amide bonds. The fraction of sp³-hybridized carbons (Fsp3) is 0.308. The number of aliphatic hydroxyl groups is 2. The monoisotopic (exact) mass is 778 g/mol. The van der Waals surface area contributed by atoms with E-state index in [0.29, 0.717) is 16.8 Å². The summed E-state index contributed by atoms with van der Waals surface area (Å²) < 4.78 is 33.0. The van der Waals surface area contributed by atoms with Crippen molar-refractivity contribution in [2.45, 2.75) is 48.7 Å². The van der Waals surface area contributed by atoms with Gasteiger partial charge in [0.05, 0.1) is 29.5 Å². The van der Waals surface area contributed by atoms with Gasteiger partial charge in [-0.25, -0.2) is 8.78 Å². The maximum atomic E-state index is 13.8. The first kappa shape index (κ1) is 40.8. The highest BCUT2D eigenvalue weighted by Crippen LogP contribution is 2.46. The Morgan fingerprint density at radius 2 is 1.55 bits per heavy atom. The van der Waals surface area contributed by atoms with Crippen molar-refractivity contribution < 1.29 is 52.8 Å². The number of carbonyl (C=O) groups is 5. The van der Waals surface area contributed by atoms with Crippen LogP contribution in [0.2, 0.25) is 0 Å². The van der Waals surface area contributed by atoms with Crippen LogP contribution in [0.4, 0.5) is 14.5 Å². The van der Waals surface area contributed by atoms with Crippen LogP contribution in [-0.2, 0) is 24.0 Å². The summed E-state index contributed by atoms with van der Waals surface area (Å²) in [6.45, 7) is -0.626. The minimum atomic E-state index is -1.90. The van der Waals surface area contributed by atoms with Crippen molar-refractivity contribution in [3.05, 3.63) is 120 Å². The van der Waals surface area contributed by atoms with Gasteiger partial charge in [0.15, 0.2) is 11.6 Å². The topological polar surface area (TPSA) is 237 Å². The lowest BCUT2D eigenvalue weighted by molar-refractivity contribution is -0.143. The highest BCUT2D eigenvalue weighted by atomic mass is 32.2. The van der Waals surface area contributed by atoms with Crippen LogP contribution >= 0.6 is 11.8 Å². The summed E-state index contributed by atoms with van der Waals surface area (Å²) in [5, 5.41) is 30.0. The number of carboxylic acids is 1. The number of allylic oxidation sites excluding steroid dienone is 3. The fourth-order valence-corrected chi connectivity index (χ4v) is 7.97. The third kappa shape index (κ3) is 9.28. The highest BCUT2D eigenvalue weighted by molar-refractivity contribution is 8.00. The fourth-order valence-electron chi connectivity index (χ4n) is 6.67. The van der Waals surface area contributed by atoms with Crippen LogP contribution < -0.4 is 26.8 Å². The zero-order valence-electron chi connectivity index (χ0n) is 29.3. The molecule has 16 heteroatoms. The Morgan fingerprint density at radius 1 is 0.927 bits per heavy atom. The van der Waals surface area contributed by atoms with E-state index in [4.69, 9.17) is 21.9 Å². The molecule has 1 aliphatic carbocycles. The summed E-state index contributed by atoms with van der Waals surface area (Å²) in [7, 11) is 0. The van der Waals surface area contributed by atoms with E-state index in [-0.39, 0.29) is 36.0 Å². The Bertz CT molecular complexity index is 1980. The van der Waals surface area contributed by atoms with Crippen LogP contribution in [0.5, 0.6) is 5.75 Å². The van der Waals surface area contributed by atoms with Crippen LogP contribution in [0.1, 0.15) is 42.5 Å². The number of hydrogen-bond acceptors (Lipinski definition) is 11. The second-order valence-corrected chi connectivity index (χ2v) is 14.5. The molecule has 290 valence electrons. The number of benzene rings is 3. The number of nitrogens with zero attached hydrogens (tertiary/aromatic N) is 1. The number of primary amides is 1. The molecule has 3 unspecified atom stereocenters. The van der Waals surface area contributed by atoms with E-state index < -0.39 is 88.9 Å². The number of Topliss-reactive ketones (excluding diaryl/α,β-unsaturated/α-hetero) is 2. The molecule has 0 radical (unpaired) electrons. The average molecular weight is 779 g/mol. The molecule has 0 bridgehead atoms. The Morgan fingerprint density at radius 3 is 2.15 bits per heavy atom. The molecule has 55 heavy (non-hydrogen) atoms. The number of anilines is 1. The first-order valence-corrected chi connectivity index (χ1v) is 18.2. The van der Waals surface area contributed by atoms with E-state index in [1.54, 1.807) is 24.3 Å². The van der Waals surface area contributed by atoms with E-state index in [2.05, 4.69) is 0 Å². The maximum absolute atomic E-state index is 13.8. The molecule has 9 N–H and O–H groups in total. The smallest absolute Gasteiger partial charge is 0.320 e. The molecule has 0 aromatic heterocycles. The summed E-state index contributed by atoms with van der Waals surface area (Å²) in [4.78, 5) is 65.7. The van der Waals surface area contributed by atoms with Gasteiger partial charge in [0, 0.05) is 17.9 Å². The number of amides is 2. The zero-order chi connectivity index (χ0) is 40.0. The van der Waals surface area contributed by atoms with Gasteiger partial charge < -0.3 is 42.2 Å². The first-order chi connectivity index (χ1) is 26.1. The Hall–Kier alpha value is -5.42. The number of halogens is 2. The molecule has 1 saturated heterocycles. The second kappa shape index (κ2) is 17.4. The van der Waals surface area contributed by atoms with E-state index in [9.17, 15) is 48.1 Å². The molecular formula is C39H40F2N4O9S. The van der Waals surface area contributed by atoms with Gasteiger partial charge in [-0.2, -0.15) is 0 Å². The van der Waals surface area contributed by atoms with Crippen LogP contribution in [0.15, 0.2) is 96.8 Å². The lowest BCUT2D eigenvalue weighted by Gasteiger charge is -2.47. The molecule has 0 spiro atoms. The van der Waals surface area contributed by atoms with Crippen molar-refractivity contribution in [3.63, 3.8) is 0 Å². The number of aliphatic hydroxyl groups excluding tert-OH is 2. The number of β-lactam (4-membered cyclic amide) rings is 1. The summed E-state index contributed by atoms with van der Waals surface area (Å²) in [5.74, 6) is -6.32. The summed E-state index contributed by atoms with van der Waals surface area (Å²) in [5.41, 5.74) is 16.9. The minimum Gasteiger partial charge on any atom is -0.508 e. The third-order valence-electron chi connectivity index (χ3n) is 9.60. The predicted octanol–water partition coefficient (Wildman–Crippen LogP) is 3.41. The van der Waals surface area contributed by atoms with E-state index >= 15 is 0 Å². The molecule has 7 atom stereocenters. The lowest BCUT2D eigenvalue weighted by atomic mass is 9.63. The standard InChI is InChI=1S/C39H40F2N4O9S/c40-23-5-1-21(2-6-23)32(48)20-55-35-34(45(37(35)51)25-9-7-24(41)8-10-25)22-3-11-27(12-4-22)54-19-31(47)28-17-26(46)15-16-39(28,18-30(43)38(52)53)36(50)29(42)13-14-33(44)49/h1-12,15-17,28-30,32,34-35,46,48H,13-14,18-20,42-43H2,(H2,44,49)(H,52,53)/t28?,29-,30+,32?,34+,35+,39?/m0/s1. The number of carbonyl (C=O) groups excluding carboxylic acids is 4.